The molecule has 0 bridgehead atoms. The van der Waals surface area contributed by atoms with E-state index >= 15 is 0 Å². The van der Waals surface area contributed by atoms with E-state index in [2.05, 4.69) is 5.16 Å². The van der Waals surface area contributed by atoms with E-state index in [1.54, 1.807) is 13.0 Å². The summed E-state index contributed by atoms with van der Waals surface area (Å²) in [5.74, 6) is -1.08. The fourth-order valence-electron chi connectivity index (χ4n) is 1.54. The van der Waals surface area contributed by atoms with E-state index in [9.17, 15) is 13.6 Å². The van der Waals surface area contributed by atoms with Crippen molar-refractivity contribution in [2.75, 3.05) is 0 Å². The average Bonchev–Trinajstić information content (AvgIpc) is 2.78. The zero-order valence-electron chi connectivity index (χ0n) is 9.35. The van der Waals surface area contributed by atoms with E-state index in [0.29, 0.717) is 11.1 Å². The maximum atomic E-state index is 12.7. The number of nitrogens with zero attached hydrogens (tertiary/aromatic N) is 1. The predicted molar refractivity (Wildman–Crippen MR) is 58.6 cm³/mol. The Balaban J connectivity index is 2.44. The zero-order valence-corrected chi connectivity index (χ0v) is 9.35. The largest absolute Gasteiger partial charge is 0.476 e. The van der Waals surface area contributed by atoms with Crippen LogP contribution in [0.2, 0.25) is 0 Å². The summed E-state index contributed by atoms with van der Waals surface area (Å²) in [5, 5.41) is 12.0. The van der Waals surface area contributed by atoms with Crippen LogP contribution in [0.25, 0.3) is 11.3 Å². The van der Waals surface area contributed by atoms with E-state index < -0.39 is 12.4 Å². The first-order valence-corrected chi connectivity index (χ1v) is 5.08. The first-order chi connectivity index (χ1) is 8.49. The number of alkyl halides is 2. The third kappa shape index (κ3) is 2.22. The summed E-state index contributed by atoms with van der Waals surface area (Å²) in [7, 11) is 0. The van der Waals surface area contributed by atoms with Crippen molar-refractivity contribution in [2.24, 2.45) is 0 Å². The van der Waals surface area contributed by atoms with Gasteiger partial charge in [0.05, 0.1) is 0 Å². The molecule has 2 aromatic rings. The fourth-order valence-corrected chi connectivity index (χ4v) is 1.54. The number of aryl methyl sites for hydroxylation is 1. The van der Waals surface area contributed by atoms with Crippen LogP contribution in [0.1, 0.15) is 28.0 Å². The number of carbonyl (C=O) groups is 1. The summed E-state index contributed by atoms with van der Waals surface area (Å²) >= 11 is 0. The lowest BCUT2D eigenvalue weighted by Gasteiger charge is -2.05. The molecule has 0 aliphatic rings. The molecule has 0 fully saturated rings. The van der Waals surface area contributed by atoms with Gasteiger partial charge < -0.3 is 9.63 Å². The van der Waals surface area contributed by atoms with Crippen LogP contribution in [0.3, 0.4) is 0 Å². The van der Waals surface area contributed by atoms with Gasteiger partial charge in [0.25, 0.3) is 6.43 Å². The Morgan fingerprint density at radius 2 is 2.11 bits per heavy atom. The number of carboxylic acid groups (broad SMARTS) is 1. The van der Waals surface area contributed by atoms with Gasteiger partial charge in [-0.3, -0.25) is 0 Å². The van der Waals surface area contributed by atoms with Gasteiger partial charge >= 0.3 is 5.97 Å². The second-order valence-corrected chi connectivity index (χ2v) is 3.75. The number of halogens is 2. The van der Waals surface area contributed by atoms with E-state index in [1.807, 2.05) is 0 Å². The van der Waals surface area contributed by atoms with Gasteiger partial charge in [-0.25, -0.2) is 13.6 Å². The number of hydrogen-bond acceptors (Lipinski definition) is 3. The van der Waals surface area contributed by atoms with Gasteiger partial charge in [0.15, 0.2) is 11.5 Å². The molecule has 2 rings (SSSR count). The van der Waals surface area contributed by atoms with Crippen molar-refractivity contribution in [3.05, 3.63) is 41.1 Å². The Bertz CT molecular complexity index is 593. The zero-order chi connectivity index (χ0) is 13.3. The van der Waals surface area contributed by atoms with Crippen LogP contribution in [0, 0.1) is 6.92 Å². The second-order valence-electron chi connectivity index (χ2n) is 3.75. The SMILES string of the molecule is Cc1ccc(-c2cc(C(=O)O)no2)cc1C(F)F. The fraction of sp³-hybridized carbons (Fsp3) is 0.167. The summed E-state index contributed by atoms with van der Waals surface area (Å²) in [6.07, 6.45) is -2.59. The molecule has 1 heterocycles. The van der Waals surface area contributed by atoms with Gasteiger partial charge in [0, 0.05) is 17.2 Å². The molecule has 0 aliphatic carbocycles. The molecule has 1 aromatic heterocycles. The Hall–Kier alpha value is -2.24. The van der Waals surface area contributed by atoms with Crippen molar-refractivity contribution in [1.29, 1.82) is 0 Å². The summed E-state index contributed by atoms with van der Waals surface area (Å²) in [4.78, 5) is 10.6. The topological polar surface area (TPSA) is 63.3 Å². The molecule has 0 unspecified atom stereocenters. The van der Waals surface area contributed by atoms with Crippen molar-refractivity contribution < 1.29 is 23.2 Å². The van der Waals surface area contributed by atoms with Crippen LogP contribution in [0.4, 0.5) is 8.78 Å². The third-order valence-corrected chi connectivity index (χ3v) is 2.53. The molecule has 1 N–H and O–H groups in total. The highest BCUT2D eigenvalue weighted by Gasteiger charge is 2.15. The molecular weight excluding hydrogens is 244 g/mol. The van der Waals surface area contributed by atoms with Crippen molar-refractivity contribution in [1.82, 2.24) is 5.16 Å². The third-order valence-electron chi connectivity index (χ3n) is 2.53. The lowest BCUT2D eigenvalue weighted by atomic mass is 10.0. The minimum atomic E-state index is -2.59. The van der Waals surface area contributed by atoms with Crippen LogP contribution in [-0.4, -0.2) is 16.2 Å². The van der Waals surface area contributed by atoms with Gasteiger partial charge in [-0.1, -0.05) is 17.3 Å². The predicted octanol–water partition coefficient (Wildman–Crippen LogP) is 3.29. The molecule has 0 amide bonds. The highest BCUT2D eigenvalue weighted by molar-refractivity contribution is 5.86. The van der Waals surface area contributed by atoms with Crippen molar-refractivity contribution in [3.63, 3.8) is 0 Å². The maximum absolute atomic E-state index is 12.7. The summed E-state index contributed by atoms with van der Waals surface area (Å²) < 4.78 is 30.2. The Labute approximate surface area is 101 Å². The average molecular weight is 253 g/mol. The summed E-state index contributed by atoms with van der Waals surface area (Å²) in [6, 6.07) is 5.57. The second kappa shape index (κ2) is 4.56. The molecule has 0 radical (unpaired) electrons. The van der Waals surface area contributed by atoms with Crippen LogP contribution < -0.4 is 0 Å². The summed E-state index contributed by atoms with van der Waals surface area (Å²) in [6.45, 7) is 1.58. The standard InChI is InChI=1S/C12H9F2NO3/c1-6-2-3-7(4-8(6)11(13)14)10-5-9(12(16)17)15-18-10/h2-5,11H,1H3,(H,16,17). The van der Waals surface area contributed by atoms with Gasteiger partial charge in [-0.15, -0.1) is 0 Å². The Kier molecular flexibility index (Phi) is 3.10. The van der Waals surface area contributed by atoms with E-state index in [0.717, 1.165) is 0 Å². The maximum Gasteiger partial charge on any atom is 0.358 e. The Morgan fingerprint density at radius 3 is 2.67 bits per heavy atom. The highest BCUT2D eigenvalue weighted by atomic mass is 19.3. The van der Waals surface area contributed by atoms with Gasteiger partial charge in [0.2, 0.25) is 0 Å². The van der Waals surface area contributed by atoms with E-state index in [1.165, 1.54) is 18.2 Å². The van der Waals surface area contributed by atoms with Crippen molar-refractivity contribution in [2.45, 2.75) is 13.3 Å². The molecule has 0 aliphatic heterocycles. The minimum absolute atomic E-state index is 0.110. The van der Waals surface area contributed by atoms with Crippen molar-refractivity contribution >= 4 is 5.97 Å². The quantitative estimate of drug-likeness (QED) is 0.911. The highest BCUT2D eigenvalue weighted by Crippen LogP contribution is 2.28. The van der Waals surface area contributed by atoms with Gasteiger partial charge in [-0.2, -0.15) is 0 Å². The first kappa shape index (κ1) is 12.2. The van der Waals surface area contributed by atoms with Gasteiger partial charge in [-0.05, 0) is 18.6 Å². The number of rotatable bonds is 3. The normalized spacial score (nSPS) is 10.9. The van der Waals surface area contributed by atoms with Crippen LogP contribution >= 0.6 is 0 Å². The van der Waals surface area contributed by atoms with E-state index in [-0.39, 0.29) is 17.0 Å². The lowest BCUT2D eigenvalue weighted by Crippen LogP contribution is -1.94. The number of aromatic nitrogens is 1. The number of carboxylic acids is 1. The monoisotopic (exact) mass is 253 g/mol. The van der Waals surface area contributed by atoms with Crippen LogP contribution in [-0.2, 0) is 0 Å². The molecule has 1 aromatic carbocycles. The lowest BCUT2D eigenvalue weighted by molar-refractivity contribution is 0.0686. The molecule has 6 heteroatoms. The van der Waals surface area contributed by atoms with Gasteiger partial charge in [0.1, 0.15) is 0 Å². The Morgan fingerprint density at radius 1 is 1.39 bits per heavy atom. The molecule has 4 nitrogen and oxygen atoms in total. The molecule has 0 spiro atoms. The van der Waals surface area contributed by atoms with E-state index in [4.69, 9.17) is 9.63 Å². The number of hydrogen-bond donors (Lipinski definition) is 1. The smallest absolute Gasteiger partial charge is 0.358 e. The molecule has 94 valence electrons. The molecule has 0 atom stereocenters. The van der Waals surface area contributed by atoms with Crippen LogP contribution in [0.15, 0.2) is 28.8 Å². The molecule has 0 saturated heterocycles. The molecule has 18 heavy (non-hydrogen) atoms. The first-order valence-electron chi connectivity index (χ1n) is 5.08. The minimum Gasteiger partial charge on any atom is -0.476 e. The van der Waals surface area contributed by atoms with Crippen molar-refractivity contribution in [3.8, 4) is 11.3 Å². The summed E-state index contributed by atoms with van der Waals surface area (Å²) in [5.41, 5.74) is 0.465. The molecular formula is C12H9F2NO3. The number of aromatic carboxylic acids is 1. The van der Waals surface area contributed by atoms with Crippen LogP contribution in [0.5, 0.6) is 0 Å². The number of benzene rings is 1. The molecule has 0 saturated carbocycles.